The van der Waals surface area contributed by atoms with Gasteiger partial charge in [-0.3, -0.25) is 9.69 Å². The number of fused-ring (bicyclic) bond motifs is 1. The largest absolute Gasteiger partial charge is 0.354 e. The first kappa shape index (κ1) is 14.9. The van der Waals surface area contributed by atoms with Crippen molar-refractivity contribution in [1.82, 2.24) is 15.5 Å². The molecule has 1 aromatic rings. The molecule has 1 aromatic carbocycles. The Labute approximate surface area is 130 Å². The monoisotopic (exact) mass is 305 g/mol. The first-order valence-corrected chi connectivity index (χ1v) is 8.86. The molecule has 1 atom stereocenters. The number of hydrogen-bond donors (Lipinski definition) is 2. The Morgan fingerprint density at radius 1 is 1.33 bits per heavy atom. The predicted octanol–water partition coefficient (Wildman–Crippen LogP) is 1.04. The van der Waals surface area contributed by atoms with Gasteiger partial charge in [0.15, 0.2) is 0 Å². The first-order chi connectivity index (χ1) is 10.3. The quantitative estimate of drug-likeness (QED) is 0.872. The summed E-state index contributed by atoms with van der Waals surface area (Å²) in [4.78, 5) is 14.9. The molecule has 2 aliphatic heterocycles. The van der Waals surface area contributed by atoms with E-state index in [1.54, 1.807) is 0 Å². The fraction of sp³-hybridized carbons (Fsp3) is 0.562. The zero-order chi connectivity index (χ0) is 14.5. The van der Waals surface area contributed by atoms with E-state index in [1.807, 2.05) is 23.9 Å². The minimum Gasteiger partial charge on any atom is -0.354 e. The van der Waals surface area contributed by atoms with Gasteiger partial charge in [-0.1, -0.05) is 24.3 Å². The molecule has 0 spiro atoms. The highest BCUT2D eigenvalue weighted by atomic mass is 32.2. The number of amides is 1. The summed E-state index contributed by atoms with van der Waals surface area (Å²) in [6.07, 6.45) is 0. The number of nitrogens with zero attached hydrogens (tertiary/aromatic N) is 1. The van der Waals surface area contributed by atoms with E-state index in [2.05, 4.69) is 27.7 Å². The summed E-state index contributed by atoms with van der Waals surface area (Å²) < 4.78 is 0. The third-order valence-electron chi connectivity index (χ3n) is 4.24. The number of thioether (sulfide) groups is 1. The van der Waals surface area contributed by atoms with Crippen LogP contribution in [0.4, 0.5) is 0 Å². The summed E-state index contributed by atoms with van der Waals surface area (Å²) in [5.74, 6) is 2.54. The van der Waals surface area contributed by atoms with Crippen LogP contribution in [0.15, 0.2) is 24.3 Å². The predicted molar refractivity (Wildman–Crippen MR) is 87.7 cm³/mol. The second kappa shape index (κ2) is 7.29. The lowest BCUT2D eigenvalue weighted by Gasteiger charge is -2.28. The molecule has 0 saturated carbocycles. The van der Waals surface area contributed by atoms with Gasteiger partial charge in [-0.2, -0.15) is 11.8 Å². The van der Waals surface area contributed by atoms with E-state index in [4.69, 9.17) is 0 Å². The number of benzene rings is 1. The summed E-state index contributed by atoms with van der Waals surface area (Å²) in [5, 5.41) is 6.45. The Morgan fingerprint density at radius 2 is 2.14 bits per heavy atom. The van der Waals surface area contributed by atoms with Crippen LogP contribution in [0.5, 0.6) is 0 Å². The van der Waals surface area contributed by atoms with E-state index >= 15 is 0 Å². The molecule has 0 aromatic heterocycles. The lowest BCUT2D eigenvalue weighted by Crippen LogP contribution is -2.43. The van der Waals surface area contributed by atoms with E-state index in [1.165, 1.54) is 22.6 Å². The summed E-state index contributed by atoms with van der Waals surface area (Å²) in [6, 6.07) is 8.25. The van der Waals surface area contributed by atoms with E-state index in [0.717, 1.165) is 39.3 Å². The fourth-order valence-electron chi connectivity index (χ4n) is 3.02. The Kier molecular flexibility index (Phi) is 5.17. The van der Waals surface area contributed by atoms with Gasteiger partial charge in [-0.25, -0.2) is 0 Å². The van der Waals surface area contributed by atoms with Crippen molar-refractivity contribution in [1.29, 1.82) is 0 Å². The van der Waals surface area contributed by atoms with Crippen LogP contribution in [0.3, 0.4) is 0 Å². The number of hydrogen-bond acceptors (Lipinski definition) is 4. The van der Waals surface area contributed by atoms with Gasteiger partial charge in [0.1, 0.15) is 0 Å². The maximum Gasteiger partial charge on any atom is 0.228 e. The highest BCUT2D eigenvalue weighted by Gasteiger charge is 2.25. The molecule has 1 saturated heterocycles. The van der Waals surface area contributed by atoms with Gasteiger partial charge >= 0.3 is 0 Å². The normalized spacial score (nSPS) is 22.6. The smallest absolute Gasteiger partial charge is 0.228 e. The van der Waals surface area contributed by atoms with E-state index in [-0.39, 0.29) is 11.8 Å². The highest BCUT2D eigenvalue weighted by molar-refractivity contribution is 7.99. The molecule has 0 bridgehead atoms. The Morgan fingerprint density at radius 3 is 3.00 bits per heavy atom. The zero-order valence-corrected chi connectivity index (χ0v) is 13.1. The van der Waals surface area contributed by atoms with E-state index < -0.39 is 0 Å². The lowest BCUT2D eigenvalue weighted by molar-refractivity contribution is -0.122. The molecule has 2 heterocycles. The number of carbonyl (C=O) groups excluding carboxylic acids is 1. The van der Waals surface area contributed by atoms with Crippen LogP contribution in [0.25, 0.3) is 0 Å². The summed E-state index contributed by atoms with van der Waals surface area (Å²) in [6.45, 7) is 5.62. The van der Waals surface area contributed by atoms with Crippen LogP contribution in [0.2, 0.25) is 0 Å². The van der Waals surface area contributed by atoms with Crippen LogP contribution in [-0.2, 0) is 11.3 Å². The van der Waals surface area contributed by atoms with Crippen molar-refractivity contribution in [3.63, 3.8) is 0 Å². The number of carbonyl (C=O) groups is 1. The summed E-state index contributed by atoms with van der Waals surface area (Å²) in [7, 11) is 0. The van der Waals surface area contributed by atoms with Crippen molar-refractivity contribution < 1.29 is 4.79 Å². The average molecular weight is 305 g/mol. The Hall–Kier alpha value is -1.04. The van der Waals surface area contributed by atoms with Gasteiger partial charge in [0.25, 0.3) is 0 Å². The molecule has 21 heavy (non-hydrogen) atoms. The molecule has 5 heteroatoms. The number of nitrogens with one attached hydrogen (secondary N) is 2. The van der Waals surface area contributed by atoms with Crippen molar-refractivity contribution in [2.45, 2.75) is 12.5 Å². The average Bonchev–Trinajstić information content (AvgIpc) is 2.55. The molecule has 0 aliphatic carbocycles. The standard InChI is InChI=1S/C16H23N3OS/c20-16(18-5-6-19-7-9-21-10-8-19)15-12-17-11-13-3-1-2-4-14(13)15/h1-4,15,17H,5-12H2,(H,18,20). The van der Waals surface area contributed by atoms with Gasteiger partial charge in [0.2, 0.25) is 5.91 Å². The van der Waals surface area contributed by atoms with Crippen LogP contribution >= 0.6 is 11.8 Å². The number of rotatable bonds is 4. The molecule has 114 valence electrons. The molecule has 4 nitrogen and oxygen atoms in total. The maximum atomic E-state index is 12.4. The van der Waals surface area contributed by atoms with Gasteiger partial charge in [-0.05, 0) is 11.1 Å². The third kappa shape index (κ3) is 3.78. The van der Waals surface area contributed by atoms with Crippen molar-refractivity contribution in [2.75, 3.05) is 44.2 Å². The van der Waals surface area contributed by atoms with Crippen LogP contribution < -0.4 is 10.6 Å². The van der Waals surface area contributed by atoms with E-state index in [9.17, 15) is 4.79 Å². The van der Waals surface area contributed by atoms with Crippen molar-refractivity contribution in [3.8, 4) is 0 Å². The summed E-state index contributed by atoms with van der Waals surface area (Å²) >= 11 is 2.02. The van der Waals surface area contributed by atoms with Crippen molar-refractivity contribution in [3.05, 3.63) is 35.4 Å². The molecule has 3 rings (SSSR count). The minimum atomic E-state index is -0.0492. The van der Waals surface area contributed by atoms with Crippen LogP contribution in [0, 0.1) is 0 Å². The molecule has 1 fully saturated rings. The van der Waals surface area contributed by atoms with E-state index in [0.29, 0.717) is 0 Å². The van der Waals surface area contributed by atoms with Gasteiger partial charge < -0.3 is 10.6 Å². The molecule has 2 aliphatic rings. The zero-order valence-electron chi connectivity index (χ0n) is 12.3. The fourth-order valence-corrected chi connectivity index (χ4v) is 3.99. The molecule has 1 amide bonds. The topological polar surface area (TPSA) is 44.4 Å². The minimum absolute atomic E-state index is 0.0492. The molecular weight excluding hydrogens is 282 g/mol. The van der Waals surface area contributed by atoms with Crippen molar-refractivity contribution >= 4 is 17.7 Å². The van der Waals surface area contributed by atoms with Crippen molar-refractivity contribution in [2.24, 2.45) is 0 Å². The third-order valence-corrected chi connectivity index (χ3v) is 5.18. The van der Waals surface area contributed by atoms with Gasteiger partial charge in [-0.15, -0.1) is 0 Å². The maximum absolute atomic E-state index is 12.4. The molecule has 1 unspecified atom stereocenters. The van der Waals surface area contributed by atoms with Crippen LogP contribution in [-0.4, -0.2) is 55.0 Å². The van der Waals surface area contributed by atoms with Gasteiger partial charge in [0.05, 0.1) is 5.92 Å². The molecule has 0 radical (unpaired) electrons. The first-order valence-electron chi connectivity index (χ1n) is 7.71. The second-order valence-corrected chi connectivity index (χ2v) is 6.85. The summed E-state index contributed by atoms with van der Waals surface area (Å²) in [5.41, 5.74) is 2.43. The second-order valence-electron chi connectivity index (χ2n) is 5.63. The Balaban J connectivity index is 1.51. The van der Waals surface area contributed by atoms with Crippen LogP contribution in [0.1, 0.15) is 17.0 Å². The molecule has 2 N–H and O–H groups in total. The SMILES string of the molecule is O=C(NCCN1CCSCC1)C1CNCc2ccccc21. The van der Waals surface area contributed by atoms with Gasteiger partial charge in [0, 0.05) is 50.8 Å². The Bertz CT molecular complexity index is 488. The highest BCUT2D eigenvalue weighted by Crippen LogP contribution is 2.23. The molecular formula is C16H23N3OS. The lowest BCUT2D eigenvalue weighted by atomic mass is 9.90.